The van der Waals surface area contributed by atoms with Crippen molar-refractivity contribution in [3.8, 4) is 56.0 Å². The van der Waals surface area contributed by atoms with E-state index < -0.39 is 0 Å². The van der Waals surface area contributed by atoms with E-state index >= 15 is 0 Å². The monoisotopic (exact) mass is 866 g/mol. The Kier molecular flexibility index (Phi) is 10.6. The molecule has 0 heterocycles. The predicted octanol–water partition coefficient (Wildman–Crippen LogP) is 17.1. The Bertz CT molecular complexity index is 3400. The van der Waals surface area contributed by atoms with Crippen molar-refractivity contribution in [2.45, 2.75) is 19.3 Å². The fraction of sp³-hybridized carbons (Fsp3) is 0.0794. The van der Waals surface area contributed by atoms with Gasteiger partial charge in [0.1, 0.15) is 11.5 Å². The van der Waals surface area contributed by atoms with Gasteiger partial charge in [-0.3, -0.25) is 0 Å². The number of para-hydroxylation sites is 3. The zero-order valence-electron chi connectivity index (χ0n) is 38.2. The van der Waals surface area contributed by atoms with E-state index in [2.05, 4.69) is 254 Å². The number of fused-ring (bicyclic) bond motifs is 4. The summed E-state index contributed by atoms with van der Waals surface area (Å²) in [7, 11) is 3.51. The third-order valence-corrected chi connectivity index (χ3v) is 13.5. The third kappa shape index (κ3) is 7.28. The van der Waals surface area contributed by atoms with Gasteiger partial charge in [-0.25, -0.2) is 0 Å². The van der Waals surface area contributed by atoms with Crippen molar-refractivity contribution in [1.82, 2.24) is 0 Å². The molecule has 4 nitrogen and oxygen atoms in total. The van der Waals surface area contributed by atoms with Crippen LogP contribution in [0.1, 0.15) is 25.0 Å². The van der Waals surface area contributed by atoms with Crippen LogP contribution in [0, 0.1) is 0 Å². The Labute approximate surface area is 393 Å². The Balaban J connectivity index is 0.989. The molecular formula is C63H50N2O2. The minimum Gasteiger partial charge on any atom is -0.496 e. The lowest BCUT2D eigenvalue weighted by molar-refractivity contribution is 0.416. The average molecular weight is 867 g/mol. The van der Waals surface area contributed by atoms with Crippen molar-refractivity contribution < 1.29 is 9.47 Å². The first-order chi connectivity index (χ1) is 32.9. The highest BCUT2D eigenvalue weighted by atomic mass is 16.5. The summed E-state index contributed by atoms with van der Waals surface area (Å²) < 4.78 is 12.4. The van der Waals surface area contributed by atoms with Gasteiger partial charge >= 0.3 is 0 Å². The molecule has 1 aliphatic rings. The number of ether oxygens (including phenoxy) is 2. The van der Waals surface area contributed by atoms with E-state index in [9.17, 15) is 0 Å². The maximum absolute atomic E-state index is 6.30. The average Bonchev–Trinajstić information content (AvgIpc) is 3.62. The first-order valence-corrected chi connectivity index (χ1v) is 22.9. The van der Waals surface area contributed by atoms with Gasteiger partial charge in [-0.2, -0.15) is 0 Å². The fourth-order valence-electron chi connectivity index (χ4n) is 10.2. The lowest BCUT2D eigenvalue weighted by Gasteiger charge is -2.28. The number of rotatable bonds is 11. The van der Waals surface area contributed by atoms with Gasteiger partial charge in [0.15, 0.2) is 0 Å². The standard InChI is InChI=1S/C63H50N2O2/c1-63(2)57-29-16-14-26-53(57)54-37-35-48(41-58(54)63)64(45-21-10-6-11-22-45)47-33-31-44(32-34-47)51-27-18-28-56-52(39-40-60(66-3)62(51)56)55-38-36-49(42-61(55)67-4)65(46-23-12-7-13-24-46)59-30-17-15-25-50(59)43-19-8-5-9-20-43/h5-42H,1-4H3. The molecule has 0 unspecified atom stereocenters. The zero-order valence-corrected chi connectivity index (χ0v) is 38.2. The van der Waals surface area contributed by atoms with Crippen molar-refractivity contribution in [1.29, 1.82) is 0 Å². The smallest absolute Gasteiger partial charge is 0.128 e. The van der Waals surface area contributed by atoms with Gasteiger partial charge in [0.25, 0.3) is 0 Å². The summed E-state index contributed by atoms with van der Waals surface area (Å²) in [5.41, 5.74) is 18.2. The van der Waals surface area contributed by atoms with Gasteiger partial charge in [-0.1, -0.05) is 159 Å². The molecule has 0 N–H and O–H groups in total. The van der Waals surface area contributed by atoms with Crippen molar-refractivity contribution in [2.75, 3.05) is 24.0 Å². The van der Waals surface area contributed by atoms with E-state index in [-0.39, 0.29) is 5.41 Å². The summed E-state index contributed by atoms with van der Waals surface area (Å²) in [6.07, 6.45) is 0. The maximum Gasteiger partial charge on any atom is 0.128 e. The van der Waals surface area contributed by atoms with Crippen LogP contribution in [0.4, 0.5) is 34.1 Å². The number of methoxy groups -OCH3 is 2. The lowest BCUT2D eigenvalue weighted by Crippen LogP contribution is -2.16. The molecule has 0 bridgehead atoms. The molecular weight excluding hydrogens is 817 g/mol. The Hall–Kier alpha value is -8.34. The molecule has 324 valence electrons. The Morgan fingerprint density at radius 1 is 0.328 bits per heavy atom. The van der Waals surface area contributed by atoms with Crippen LogP contribution in [0.25, 0.3) is 55.3 Å². The molecule has 0 amide bonds. The second-order valence-corrected chi connectivity index (χ2v) is 17.6. The molecule has 0 aromatic heterocycles. The fourth-order valence-corrected chi connectivity index (χ4v) is 10.2. The molecule has 10 aromatic rings. The van der Waals surface area contributed by atoms with Crippen LogP contribution in [-0.2, 0) is 5.41 Å². The van der Waals surface area contributed by atoms with Gasteiger partial charge in [0, 0.05) is 56.4 Å². The van der Waals surface area contributed by atoms with E-state index in [0.29, 0.717) is 0 Å². The summed E-state index contributed by atoms with van der Waals surface area (Å²) in [5.74, 6) is 1.59. The minimum atomic E-state index is -0.107. The second-order valence-electron chi connectivity index (χ2n) is 17.6. The molecule has 11 rings (SSSR count). The molecule has 1 aliphatic carbocycles. The van der Waals surface area contributed by atoms with Crippen LogP contribution in [0.3, 0.4) is 0 Å². The van der Waals surface area contributed by atoms with E-state index in [0.717, 1.165) is 89.8 Å². The van der Waals surface area contributed by atoms with Crippen LogP contribution in [-0.4, -0.2) is 14.2 Å². The number of hydrogen-bond donors (Lipinski definition) is 0. The normalized spacial score (nSPS) is 12.3. The van der Waals surface area contributed by atoms with E-state index in [1.54, 1.807) is 14.2 Å². The minimum absolute atomic E-state index is 0.107. The Morgan fingerprint density at radius 3 is 1.54 bits per heavy atom. The highest BCUT2D eigenvalue weighted by Gasteiger charge is 2.35. The predicted molar refractivity (Wildman–Crippen MR) is 280 cm³/mol. The SMILES string of the molecule is COc1cc(N(c2ccccc2)c2ccccc2-c2ccccc2)ccc1-c1ccc(OC)c2c(-c3ccc(N(c4ccccc4)c4ccc5c(c4)C(C)(C)c4ccccc4-5)cc3)cccc12. The first-order valence-electron chi connectivity index (χ1n) is 22.9. The van der Waals surface area contributed by atoms with Gasteiger partial charge in [0.2, 0.25) is 0 Å². The van der Waals surface area contributed by atoms with Gasteiger partial charge < -0.3 is 19.3 Å². The summed E-state index contributed by atoms with van der Waals surface area (Å²) in [6.45, 7) is 4.68. The lowest BCUT2D eigenvalue weighted by atomic mass is 9.82. The molecule has 10 aromatic carbocycles. The second kappa shape index (κ2) is 17.2. The van der Waals surface area contributed by atoms with Crippen molar-refractivity contribution >= 4 is 44.9 Å². The third-order valence-electron chi connectivity index (χ3n) is 13.5. The summed E-state index contributed by atoms with van der Waals surface area (Å²) in [5, 5.41) is 2.12. The van der Waals surface area contributed by atoms with Crippen molar-refractivity contribution in [2.24, 2.45) is 0 Å². The van der Waals surface area contributed by atoms with Gasteiger partial charge in [-0.15, -0.1) is 0 Å². The number of anilines is 6. The molecule has 0 radical (unpaired) electrons. The summed E-state index contributed by atoms with van der Waals surface area (Å²) in [4.78, 5) is 4.67. The van der Waals surface area contributed by atoms with E-state index in [1.807, 2.05) is 0 Å². The first kappa shape index (κ1) is 41.4. The van der Waals surface area contributed by atoms with Crippen LogP contribution in [0.5, 0.6) is 11.5 Å². The zero-order chi connectivity index (χ0) is 45.5. The van der Waals surface area contributed by atoms with E-state index in [1.165, 1.54) is 22.3 Å². The molecule has 0 spiro atoms. The number of hydrogen-bond acceptors (Lipinski definition) is 4. The quantitative estimate of drug-likeness (QED) is 0.129. The molecule has 0 saturated carbocycles. The summed E-state index contributed by atoms with van der Waals surface area (Å²) in [6, 6.07) is 82.4. The topological polar surface area (TPSA) is 24.9 Å². The number of nitrogens with zero attached hydrogens (tertiary/aromatic N) is 2. The molecule has 4 heteroatoms. The van der Waals surface area contributed by atoms with E-state index in [4.69, 9.17) is 9.47 Å². The van der Waals surface area contributed by atoms with Crippen LogP contribution < -0.4 is 19.3 Å². The Morgan fingerprint density at radius 2 is 0.836 bits per heavy atom. The largest absolute Gasteiger partial charge is 0.496 e. The molecule has 0 aliphatic heterocycles. The number of benzene rings is 10. The highest BCUT2D eigenvalue weighted by molar-refractivity contribution is 6.09. The summed E-state index contributed by atoms with van der Waals surface area (Å²) >= 11 is 0. The molecule has 0 atom stereocenters. The van der Waals surface area contributed by atoms with Crippen LogP contribution in [0.15, 0.2) is 231 Å². The molecule has 0 fully saturated rings. The maximum atomic E-state index is 6.30. The van der Waals surface area contributed by atoms with Gasteiger partial charge in [-0.05, 0) is 129 Å². The van der Waals surface area contributed by atoms with Crippen LogP contribution >= 0.6 is 0 Å². The van der Waals surface area contributed by atoms with Crippen molar-refractivity contribution in [3.63, 3.8) is 0 Å². The van der Waals surface area contributed by atoms with Crippen molar-refractivity contribution in [3.05, 3.63) is 242 Å². The highest BCUT2D eigenvalue weighted by Crippen LogP contribution is 2.51. The van der Waals surface area contributed by atoms with Crippen LogP contribution in [0.2, 0.25) is 0 Å². The molecule has 0 saturated heterocycles. The molecule has 67 heavy (non-hydrogen) atoms. The van der Waals surface area contributed by atoms with Gasteiger partial charge in [0.05, 0.1) is 19.9 Å².